The zero-order chi connectivity index (χ0) is 14.7. The van der Waals surface area contributed by atoms with Crippen LogP contribution in [0.2, 0.25) is 0 Å². The van der Waals surface area contributed by atoms with Gasteiger partial charge in [-0.15, -0.1) is 0 Å². The van der Waals surface area contributed by atoms with Gasteiger partial charge in [-0.2, -0.15) is 0 Å². The number of allylic oxidation sites excluding steroid dienone is 1. The van der Waals surface area contributed by atoms with E-state index in [1.807, 2.05) is 19.9 Å². The van der Waals surface area contributed by atoms with Crippen LogP contribution in [0.25, 0.3) is 11.0 Å². The molecule has 1 N–H and O–H groups in total. The maximum Gasteiger partial charge on any atom is 0.336 e. The summed E-state index contributed by atoms with van der Waals surface area (Å²) < 4.78 is 15.7. The Hall–Kier alpha value is -2.43. The fourth-order valence-electron chi connectivity index (χ4n) is 1.77. The average molecular weight is 276 g/mol. The van der Waals surface area contributed by atoms with Crippen LogP contribution >= 0.6 is 0 Å². The lowest BCUT2D eigenvalue weighted by Gasteiger charge is -2.12. The second kappa shape index (κ2) is 5.69. The Morgan fingerprint density at radius 1 is 1.40 bits per heavy atom. The van der Waals surface area contributed by atoms with Crippen molar-refractivity contribution in [3.05, 3.63) is 40.3 Å². The van der Waals surface area contributed by atoms with Crippen LogP contribution < -0.4 is 15.1 Å². The van der Waals surface area contributed by atoms with Crippen LogP contribution in [-0.2, 0) is 0 Å². The highest BCUT2D eigenvalue weighted by Gasteiger charge is 2.16. The molecule has 0 aliphatic heterocycles. The minimum Gasteiger partial charge on any atom is -0.502 e. The number of phenolic OH excluding ortho intramolecular Hbond substituents is 1. The number of benzene rings is 1. The predicted octanol–water partition coefficient (Wildman–Crippen LogP) is 2.85. The number of fused-ring (bicyclic) bond motifs is 1. The van der Waals surface area contributed by atoms with Gasteiger partial charge >= 0.3 is 5.63 Å². The van der Waals surface area contributed by atoms with Crippen LogP contribution in [0, 0.1) is 0 Å². The summed E-state index contributed by atoms with van der Waals surface area (Å²) in [5.74, 6) is 0.315. The normalized spacial score (nSPS) is 10.3. The first kappa shape index (κ1) is 14.0. The molecule has 0 radical (unpaired) electrons. The SMILES string of the molecule is COc1c(O)c(OCC=C(C)C)cc2oc(=O)ccc12. The second-order valence-corrected chi connectivity index (χ2v) is 4.52. The molecule has 0 fully saturated rings. The monoisotopic (exact) mass is 276 g/mol. The van der Waals surface area contributed by atoms with Gasteiger partial charge in [-0.25, -0.2) is 4.79 Å². The van der Waals surface area contributed by atoms with Crippen molar-refractivity contribution in [2.24, 2.45) is 0 Å². The number of hydrogen-bond acceptors (Lipinski definition) is 5. The Balaban J connectivity index is 2.52. The second-order valence-electron chi connectivity index (χ2n) is 4.52. The van der Waals surface area contributed by atoms with Gasteiger partial charge in [0.05, 0.1) is 12.5 Å². The van der Waals surface area contributed by atoms with Gasteiger partial charge in [0.25, 0.3) is 0 Å². The third kappa shape index (κ3) is 2.77. The number of methoxy groups -OCH3 is 1. The van der Waals surface area contributed by atoms with Gasteiger partial charge in [0.1, 0.15) is 12.2 Å². The molecule has 0 bridgehead atoms. The number of ether oxygens (including phenoxy) is 2. The van der Waals surface area contributed by atoms with Crippen LogP contribution in [0.5, 0.6) is 17.2 Å². The Labute approximate surface area is 116 Å². The first-order chi connectivity index (χ1) is 9.52. The molecule has 0 saturated heterocycles. The maximum atomic E-state index is 11.3. The zero-order valence-electron chi connectivity index (χ0n) is 11.6. The van der Waals surface area contributed by atoms with Gasteiger partial charge in [0.15, 0.2) is 11.5 Å². The molecule has 0 spiro atoms. The summed E-state index contributed by atoms with van der Waals surface area (Å²) in [6.07, 6.45) is 1.87. The molecule has 1 aromatic carbocycles. The summed E-state index contributed by atoms with van der Waals surface area (Å²) in [5, 5.41) is 10.6. The van der Waals surface area contributed by atoms with Crippen molar-refractivity contribution < 1.29 is 19.0 Å². The van der Waals surface area contributed by atoms with E-state index in [-0.39, 0.29) is 17.2 Å². The Morgan fingerprint density at radius 2 is 2.15 bits per heavy atom. The van der Waals surface area contributed by atoms with E-state index in [0.717, 1.165) is 5.57 Å². The van der Waals surface area contributed by atoms with Crippen molar-refractivity contribution >= 4 is 11.0 Å². The third-order valence-corrected chi connectivity index (χ3v) is 2.75. The standard InChI is InChI=1S/C15H16O5/c1-9(2)6-7-19-12-8-11-10(4-5-13(16)20-11)15(18-3)14(12)17/h4-6,8,17H,7H2,1-3H3. The molecule has 5 heteroatoms. The van der Waals surface area contributed by atoms with Gasteiger partial charge in [0.2, 0.25) is 5.75 Å². The zero-order valence-corrected chi connectivity index (χ0v) is 11.6. The first-order valence-corrected chi connectivity index (χ1v) is 6.13. The summed E-state index contributed by atoms with van der Waals surface area (Å²) >= 11 is 0. The average Bonchev–Trinajstić information content (AvgIpc) is 2.39. The molecule has 5 nitrogen and oxygen atoms in total. The number of aromatic hydroxyl groups is 1. The van der Waals surface area contributed by atoms with Crippen LogP contribution in [0.15, 0.2) is 39.1 Å². The van der Waals surface area contributed by atoms with Gasteiger partial charge in [-0.3, -0.25) is 0 Å². The van der Waals surface area contributed by atoms with Crippen molar-refractivity contribution in [1.82, 2.24) is 0 Å². The largest absolute Gasteiger partial charge is 0.502 e. The highest BCUT2D eigenvalue weighted by atomic mass is 16.5. The quantitative estimate of drug-likeness (QED) is 0.687. The van der Waals surface area contributed by atoms with Crippen molar-refractivity contribution in [3.8, 4) is 17.2 Å². The lowest BCUT2D eigenvalue weighted by atomic mass is 10.2. The third-order valence-electron chi connectivity index (χ3n) is 2.75. The smallest absolute Gasteiger partial charge is 0.336 e. The molecule has 0 unspecified atom stereocenters. The topological polar surface area (TPSA) is 68.9 Å². The first-order valence-electron chi connectivity index (χ1n) is 6.13. The lowest BCUT2D eigenvalue weighted by Crippen LogP contribution is -1.99. The lowest BCUT2D eigenvalue weighted by molar-refractivity contribution is 0.319. The van der Waals surface area contributed by atoms with Crippen molar-refractivity contribution in [2.45, 2.75) is 13.8 Å². The van der Waals surface area contributed by atoms with E-state index in [1.165, 1.54) is 19.2 Å². The summed E-state index contributed by atoms with van der Waals surface area (Å²) in [4.78, 5) is 11.3. The molecule has 2 aromatic rings. The summed E-state index contributed by atoms with van der Waals surface area (Å²) in [6, 6.07) is 4.29. The minimum atomic E-state index is -0.472. The molecule has 1 heterocycles. The fraction of sp³-hybridized carbons (Fsp3) is 0.267. The molecule has 1 aromatic heterocycles. The van der Waals surface area contributed by atoms with E-state index in [9.17, 15) is 9.90 Å². The predicted molar refractivity (Wildman–Crippen MR) is 75.6 cm³/mol. The Kier molecular flexibility index (Phi) is 3.98. The van der Waals surface area contributed by atoms with Crippen molar-refractivity contribution in [3.63, 3.8) is 0 Å². The van der Waals surface area contributed by atoms with Gasteiger partial charge < -0.3 is 19.0 Å². The Bertz CT molecular complexity index is 708. The van der Waals surface area contributed by atoms with Crippen LogP contribution in [0.1, 0.15) is 13.8 Å². The molecule has 0 aliphatic carbocycles. The maximum absolute atomic E-state index is 11.3. The van der Waals surface area contributed by atoms with Crippen molar-refractivity contribution in [1.29, 1.82) is 0 Å². The summed E-state index contributed by atoms with van der Waals surface area (Å²) in [7, 11) is 1.43. The van der Waals surface area contributed by atoms with Gasteiger partial charge in [-0.1, -0.05) is 5.57 Å². The molecular weight excluding hydrogens is 260 g/mol. The summed E-state index contributed by atoms with van der Waals surface area (Å²) in [5.41, 5.74) is 0.934. The molecule has 106 valence electrons. The van der Waals surface area contributed by atoms with E-state index in [4.69, 9.17) is 13.9 Å². The summed E-state index contributed by atoms with van der Waals surface area (Å²) in [6.45, 7) is 4.20. The highest BCUT2D eigenvalue weighted by Crippen LogP contribution is 2.42. The van der Waals surface area contributed by atoms with Crippen molar-refractivity contribution in [2.75, 3.05) is 13.7 Å². The van der Waals surface area contributed by atoms with E-state index in [1.54, 1.807) is 6.07 Å². The molecule has 2 rings (SSSR count). The van der Waals surface area contributed by atoms with E-state index in [2.05, 4.69) is 0 Å². The van der Waals surface area contributed by atoms with E-state index >= 15 is 0 Å². The fourth-order valence-corrected chi connectivity index (χ4v) is 1.77. The van der Waals surface area contributed by atoms with Gasteiger partial charge in [-0.05, 0) is 26.0 Å². The number of phenols is 1. The number of rotatable bonds is 4. The van der Waals surface area contributed by atoms with Crippen LogP contribution in [-0.4, -0.2) is 18.8 Å². The molecule has 0 aliphatic rings. The van der Waals surface area contributed by atoms with Gasteiger partial charge in [0, 0.05) is 12.1 Å². The Morgan fingerprint density at radius 3 is 2.80 bits per heavy atom. The molecule has 0 saturated carbocycles. The van der Waals surface area contributed by atoms with E-state index in [0.29, 0.717) is 17.6 Å². The highest BCUT2D eigenvalue weighted by molar-refractivity contribution is 5.88. The molecule has 20 heavy (non-hydrogen) atoms. The van der Waals surface area contributed by atoms with E-state index < -0.39 is 5.63 Å². The number of hydrogen-bond donors (Lipinski definition) is 1. The minimum absolute atomic E-state index is 0.115. The van der Waals surface area contributed by atoms with Crippen LogP contribution in [0.4, 0.5) is 0 Å². The molecule has 0 atom stereocenters. The van der Waals surface area contributed by atoms with Crippen LogP contribution in [0.3, 0.4) is 0 Å². The molecule has 0 amide bonds. The molecular formula is C15H16O5.